The lowest BCUT2D eigenvalue weighted by atomic mass is 10.1. The molecule has 0 saturated heterocycles. The Balaban J connectivity index is 3.73. The third kappa shape index (κ3) is 4.59. The van der Waals surface area contributed by atoms with Crippen LogP contribution in [0.5, 0.6) is 0 Å². The first-order valence-electron chi connectivity index (χ1n) is 4.04. The van der Waals surface area contributed by atoms with Gasteiger partial charge in [-0.2, -0.15) is 0 Å². The standard InChI is InChI=1S/C9H16O2/c1-4-8(5-2)7-9(10)11-6-3/h4H,5-7H2,1-3H3/b8-4-. The zero-order valence-corrected chi connectivity index (χ0v) is 7.52. The van der Waals surface area contributed by atoms with E-state index in [0.29, 0.717) is 13.0 Å². The van der Waals surface area contributed by atoms with Crippen molar-refractivity contribution in [1.29, 1.82) is 0 Å². The third-order valence-corrected chi connectivity index (χ3v) is 1.54. The molecule has 0 aromatic heterocycles. The van der Waals surface area contributed by atoms with E-state index in [9.17, 15) is 4.79 Å². The van der Waals surface area contributed by atoms with Crippen molar-refractivity contribution in [3.8, 4) is 0 Å². The van der Waals surface area contributed by atoms with Crippen LogP contribution in [0.4, 0.5) is 0 Å². The average Bonchev–Trinajstić information content (AvgIpc) is 2.01. The van der Waals surface area contributed by atoms with E-state index in [4.69, 9.17) is 4.74 Å². The van der Waals surface area contributed by atoms with E-state index >= 15 is 0 Å². The van der Waals surface area contributed by atoms with Crippen molar-refractivity contribution >= 4 is 5.97 Å². The summed E-state index contributed by atoms with van der Waals surface area (Å²) in [5.74, 6) is -0.123. The first kappa shape index (κ1) is 10.2. The monoisotopic (exact) mass is 156 g/mol. The minimum atomic E-state index is -0.123. The molecule has 0 aliphatic carbocycles. The number of rotatable bonds is 4. The molecular formula is C9H16O2. The summed E-state index contributed by atoms with van der Waals surface area (Å²) in [7, 11) is 0. The molecule has 0 bridgehead atoms. The Bertz CT molecular complexity index is 148. The lowest BCUT2D eigenvalue weighted by Crippen LogP contribution is -2.04. The number of hydrogen-bond acceptors (Lipinski definition) is 2. The lowest BCUT2D eigenvalue weighted by Gasteiger charge is -2.02. The fourth-order valence-electron chi connectivity index (χ4n) is 0.829. The topological polar surface area (TPSA) is 26.3 Å². The minimum Gasteiger partial charge on any atom is -0.466 e. The summed E-state index contributed by atoms with van der Waals surface area (Å²) in [6.07, 6.45) is 3.34. The van der Waals surface area contributed by atoms with Crippen molar-refractivity contribution in [3.63, 3.8) is 0 Å². The number of ether oxygens (including phenoxy) is 1. The van der Waals surface area contributed by atoms with Gasteiger partial charge in [0.05, 0.1) is 13.0 Å². The summed E-state index contributed by atoms with van der Waals surface area (Å²) >= 11 is 0. The van der Waals surface area contributed by atoms with Gasteiger partial charge in [0.1, 0.15) is 0 Å². The maximum atomic E-state index is 10.9. The molecule has 0 saturated carbocycles. The summed E-state index contributed by atoms with van der Waals surface area (Å²) in [5.41, 5.74) is 1.14. The molecule has 0 amide bonds. The third-order valence-electron chi connectivity index (χ3n) is 1.54. The largest absolute Gasteiger partial charge is 0.466 e. The summed E-state index contributed by atoms with van der Waals surface area (Å²) in [5, 5.41) is 0. The van der Waals surface area contributed by atoms with Gasteiger partial charge in [-0.1, -0.05) is 18.6 Å². The first-order valence-corrected chi connectivity index (χ1v) is 4.04. The summed E-state index contributed by atoms with van der Waals surface area (Å²) in [6, 6.07) is 0. The Labute approximate surface area is 68.2 Å². The number of hydrogen-bond donors (Lipinski definition) is 0. The molecule has 0 radical (unpaired) electrons. The predicted molar refractivity (Wildman–Crippen MR) is 45.3 cm³/mol. The van der Waals surface area contributed by atoms with Gasteiger partial charge in [-0.25, -0.2) is 0 Å². The van der Waals surface area contributed by atoms with E-state index in [1.165, 1.54) is 0 Å². The average molecular weight is 156 g/mol. The van der Waals surface area contributed by atoms with Crippen molar-refractivity contribution < 1.29 is 9.53 Å². The van der Waals surface area contributed by atoms with Crippen LogP contribution in [0, 0.1) is 0 Å². The maximum absolute atomic E-state index is 10.9. The van der Waals surface area contributed by atoms with Crippen LogP contribution < -0.4 is 0 Å². The first-order chi connectivity index (χ1) is 5.24. The van der Waals surface area contributed by atoms with E-state index < -0.39 is 0 Å². The van der Waals surface area contributed by atoms with Gasteiger partial charge >= 0.3 is 5.97 Å². The van der Waals surface area contributed by atoms with Crippen LogP contribution in [-0.2, 0) is 9.53 Å². The highest BCUT2D eigenvalue weighted by Crippen LogP contribution is 2.06. The van der Waals surface area contributed by atoms with Crippen LogP contribution in [0.15, 0.2) is 11.6 Å². The van der Waals surface area contributed by atoms with Crippen LogP contribution in [0.25, 0.3) is 0 Å². The second-order valence-electron chi connectivity index (χ2n) is 2.28. The summed E-state index contributed by atoms with van der Waals surface area (Å²) in [6.45, 7) is 6.27. The molecule has 0 spiro atoms. The van der Waals surface area contributed by atoms with E-state index in [-0.39, 0.29) is 5.97 Å². The smallest absolute Gasteiger partial charge is 0.309 e. The second-order valence-corrected chi connectivity index (χ2v) is 2.28. The number of carbonyl (C=O) groups is 1. The Morgan fingerprint density at radius 2 is 2.09 bits per heavy atom. The summed E-state index contributed by atoms with van der Waals surface area (Å²) in [4.78, 5) is 10.9. The Morgan fingerprint density at radius 1 is 1.45 bits per heavy atom. The molecule has 0 fully saturated rings. The normalized spacial score (nSPS) is 11.4. The van der Waals surface area contributed by atoms with Crippen molar-refractivity contribution in [2.75, 3.05) is 6.61 Å². The highest BCUT2D eigenvalue weighted by molar-refractivity contribution is 5.72. The van der Waals surface area contributed by atoms with Gasteiger partial charge in [0.25, 0.3) is 0 Å². The molecule has 0 unspecified atom stereocenters. The highest BCUT2D eigenvalue weighted by Gasteiger charge is 2.02. The fraction of sp³-hybridized carbons (Fsp3) is 0.667. The molecule has 0 rings (SSSR count). The van der Waals surface area contributed by atoms with Gasteiger partial charge < -0.3 is 4.74 Å². The van der Waals surface area contributed by atoms with Crippen LogP contribution in [0.2, 0.25) is 0 Å². The van der Waals surface area contributed by atoms with Crippen LogP contribution in [-0.4, -0.2) is 12.6 Å². The van der Waals surface area contributed by atoms with Crippen molar-refractivity contribution in [3.05, 3.63) is 11.6 Å². The molecule has 0 N–H and O–H groups in total. The SMILES string of the molecule is C/C=C(/CC)CC(=O)OCC. The van der Waals surface area contributed by atoms with Gasteiger partial charge in [0.2, 0.25) is 0 Å². The second kappa shape index (κ2) is 5.96. The number of esters is 1. The van der Waals surface area contributed by atoms with Gasteiger partial charge in [0.15, 0.2) is 0 Å². The van der Waals surface area contributed by atoms with Gasteiger partial charge in [-0.3, -0.25) is 4.79 Å². The van der Waals surface area contributed by atoms with Crippen molar-refractivity contribution in [2.24, 2.45) is 0 Å². The Kier molecular flexibility index (Phi) is 5.53. The predicted octanol–water partition coefficient (Wildman–Crippen LogP) is 2.30. The zero-order valence-electron chi connectivity index (χ0n) is 7.52. The molecule has 0 aliphatic rings. The van der Waals surface area contributed by atoms with Crippen LogP contribution in [0.3, 0.4) is 0 Å². The highest BCUT2D eigenvalue weighted by atomic mass is 16.5. The maximum Gasteiger partial charge on any atom is 0.309 e. The van der Waals surface area contributed by atoms with E-state index in [0.717, 1.165) is 12.0 Å². The van der Waals surface area contributed by atoms with Crippen LogP contribution >= 0.6 is 0 Å². The Hall–Kier alpha value is -0.790. The molecular weight excluding hydrogens is 140 g/mol. The van der Waals surface area contributed by atoms with Crippen molar-refractivity contribution in [2.45, 2.75) is 33.6 Å². The lowest BCUT2D eigenvalue weighted by molar-refractivity contribution is -0.142. The molecule has 0 aromatic carbocycles. The Morgan fingerprint density at radius 3 is 2.45 bits per heavy atom. The molecule has 11 heavy (non-hydrogen) atoms. The van der Waals surface area contributed by atoms with E-state index in [1.807, 2.05) is 26.8 Å². The fourth-order valence-corrected chi connectivity index (χ4v) is 0.829. The van der Waals surface area contributed by atoms with Crippen LogP contribution in [0.1, 0.15) is 33.6 Å². The number of allylic oxidation sites excluding steroid dienone is 1. The molecule has 64 valence electrons. The van der Waals surface area contributed by atoms with E-state index in [1.54, 1.807) is 0 Å². The van der Waals surface area contributed by atoms with Crippen molar-refractivity contribution in [1.82, 2.24) is 0 Å². The molecule has 0 atom stereocenters. The molecule has 0 heterocycles. The zero-order chi connectivity index (χ0) is 8.69. The van der Waals surface area contributed by atoms with E-state index in [2.05, 4.69) is 0 Å². The molecule has 0 aromatic rings. The minimum absolute atomic E-state index is 0.123. The summed E-state index contributed by atoms with van der Waals surface area (Å²) < 4.78 is 4.80. The molecule has 2 heteroatoms. The quantitative estimate of drug-likeness (QED) is 0.461. The molecule has 2 nitrogen and oxygen atoms in total. The van der Waals surface area contributed by atoms with Gasteiger partial charge in [0, 0.05) is 0 Å². The van der Waals surface area contributed by atoms with Gasteiger partial charge in [-0.15, -0.1) is 0 Å². The number of carbonyl (C=O) groups excluding carboxylic acids is 1. The van der Waals surface area contributed by atoms with Gasteiger partial charge in [-0.05, 0) is 20.3 Å². The molecule has 0 aliphatic heterocycles.